The first-order chi connectivity index (χ1) is 9.18. The van der Waals surface area contributed by atoms with Crippen LogP contribution >= 0.6 is 0 Å². The van der Waals surface area contributed by atoms with Crippen LogP contribution in [0.2, 0.25) is 0 Å². The molecule has 0 spiro atoms. The first-order valence-corrected chi connectivity index (χ1v) is 6.11. The molecule has 0 bridgehead atoms. The van der Waals surface area contributed by atoms with E-state index >= 15 is 0 Å². The predicted octanol–water partition coefficient (Wildman–Crippen LogP) is 1.31. The molecule has 0 saturated carbocycles. The van der Waals surface area contributed by atoms with Crippen LogP contribution in [0.5, 0.6) is 0 Å². The Balaban J connectivity index is 2.21. The van der Waals surface area contributed by atoms with Crippen LogP contribution in [0.25, 0.3) is 22.8 Å². The lowest BCUT2D eigenvalue weighted by molar-refractivity contribution is -0.649. The van der Waals surface area contributed by atoms with E-state index in [-0.39, 0.29) is 0 Å². The fourth-order valence-corrected chi connectivity index (χ4v) is 2.31. The molecule has 5 heteroatoms. The molecule has 3 aromatic rings. The Kier molecular flexibility index (Phi) is 2.67. The SMILES string of the molecule is Cn1cncc1-c1cccc(-c2cncn2C)[n+]1C. The largest absolute Gasteiger partial charge is 0.329 e. The van der Waals surface area contributed by atoms with E-state index in [9.17, 15) is 0 Å². The van der Waals surface area contributed by atoms with Crippen LogP contribution in [0.3, 0.4) is 0 Å². The average molecular weight is 254 g/mol. The molecule has 3 aromatic heterocycles. The number of rotatable bonds is 2. The zero-order chi connectivity index (χ0) is 13.4. The van der Waals surface area contributed by atoms with Crippen LogP contribution in [-0.4, -0.2) is 19.1 Å². The Bertz CT molecular complexity index is 665. The van der Waals surface area contributed by atoms with Gasteiger partial charge in [-0.3, -0.25) is 0 Å². The minimum atomic E-state index is 1.09. The first-order valence-electron chi connectivity index (χ1n) is 6.11. The molecule has 0 radical (unpaired) electrons. The van der Waals surface area contributed by atoms with Gasteiger partial charge in [0.2, 0.25) is 11.4 Å². The Hall–Kier alpha value is -2.43. The van der Waals surface area contributed by atoms with Crippen molar-refractivity contribution in [1.29, 1.82) is 0 Å². The molecule has 0 unspecified atom stereocenters. The molecule has 5 nitrogen and oxygen atoms in total. The molecule has 19 heavy (non-hydrogen) atoms. The van der Waals surface area contributed by atoms with E-state index in [2.05, 4.69) is 39.8 Å². The number of aromatic nitrogens is 5. The number of imidazole rings is 2. The van der Waals surface area contributed by atoms with Crippen LogP contribution < -0.4 is 4.57 Å². The van der Waals surface area contributed by atoms with Gasteiger partial charge >= 0.3 is 0 Å². The van der Waals surface area contributed by atoms with E-state index in [1.165, 1.54) is 0 Å². The molecule has 3 heterocycles. The third kappa shape index (κ3) is 1.83. The van der Waals surface area contributed by atoms with Gasteiger partial charge in [0.15, 0.2) is 0 Å². The van der Waals surface area contributed by atoms with Crippen molar-refractivity contribution < 1.29 is 4.57 Å². The summed E-state index contributed by atoms with van der Waals surface area (Å²) in [6.45, 7) is 0. The Morgan fingerprint density at radius 2 is 1.37 bits per heavy atom. The molecule has 0 aliphatic heterocycles. The van der Waals surface area contributed by atoms with Crippen LogP contribution in [0.4, 0.5) is 0 Å². The summed E-state index contributed by atoms with van der Waals surface area (Å²) in [5.74, 6) is 0. The molecule has 0 atom stereocenters. The van der Waals surface area contributed by atoms with Gasteiger partial charge in [0.05, 0.1) is 25.0 Å². The topological polar surface area (TPSA) is 39.5 Å². The molecule has 0 amide bonds. The molecular formula is C14H16N5+. The van der Waals surface area contributed by atoms with Crippen molar-refractivity contribution in [2.75, 3.05) is 0 Å². The average Bonchev–Trinajstić information content (AvgIpc) is 2.99. The Morgan fingerprint density at radius 3 is 1.74 bits per heavy atom. The van der Waals surface area contributed by atoms with Gasteiger partial charge in [-0.15, -0.1) is 0 Å². The summed E-state index contributed by atoms with van der Waals surface area (Å²) in [5.41, 5.74) is 4.43. The maximum Gasteiger partial charge on any atom is 0.231 e. The van der Waals surface area contributed by atoms with E-state index in [1.807, 2.05) is 48.3 Å². The van der Waals surface area contributed by atoms with Crippen molar-refractivity contribution in [3.8, 4) is 22.8 Å². The van der Waals surface area contributed by atoms with Crippen molar-refractivity contribution in [2.45, 2.75) is 0 Å². The van der Waals surface area contributed by atoms with E-state index in [0.29, 0.717) is 0 Å². The highest BCUT2D eigenvalue weighted by molar-refractivity contribution is 5.55. The van der Waals surface area contributed by atoms with E-state index in [0.717, 1.165) is 22.8 Å². The van der Waals surface area contributed by atoms with Gasteiger partial charge in [-0.1, -0.05) is 0 Å². The fraction of sp³-hybridized carbons (Fsp3) is 0.214. The summed E-state index contributed by atoms with van der Waals surface area (Å²) in [4.78, 5) is 8.36. The van der Waals surface area contributed by atoms with Gasteiger partial charge in [-0.2, -0.15) is 4.57 Å². The van der Waals surface area contributed by atoms with Crippen molar-refractivity contribution in [3.63, 3.8) is 0 Å². The lowest BCUT2D eigenvalue weighted by atomic mass is 10.2. The normalized spacial score (nSPS) is 10.9. The van der Waals surface area contributed by atoms with E-state index < -0.39 is 0 Å². The maximum atomic E-state index is 4.18. The van der Waals surface area contributed by atoms with Crippen molar-refractivity contribution >= 4 is 0 Å². The second-order valence-corrected chi connectivity index (χ2v) is 4.63. The van der Waals surface area contributed by atoms with Crippen LogP contribution in [0.15, 0.2) is 43.2 Å². The predicted molar refractivity (Wildman–Crippen MR) is 72.0 cm³/mol. The molecule has 3 rings (SSSR count). The number of pyridine rings is 1. The monoisotopic (exact) mass is 254 g/mol. The zero-order valence-corrected chi connectivity index (χ0v) is 11.3. The molecular weight excluding hydrogens is 238 g/mol. The number of hydrogen-bond acceptors (Lipinski definition) is 2. The summed E-state index contributed by atoms with van der Waals surface area (Å²) in [6, 6.07) is 6.25. The maximum absolute atomic E-state index is 4.18. The van der Waals surface area contributed by atoms with Crippen molar-refractivity contribution in [3.05, 3.63) is 43.2 Å². The standard InChI is InChI=1S/C14H16N5/c1-17-9-15-7-13(17)11-5-4-6-12(19(11)3)14-8-16-10-18(14)2/h4-10H,1-3H3/q+1. The van der Waals surface area contributed by atoms with Gasteiger partial charge in [0.1, 0.15) is 18.4 Å². The van der Waals surface area contributed by atoms with Crippen LogP contribution in [0.1, 0.15) is 0 Å². The summed E-state index contributed by atoms with van der Waals surface area (Å²) in [6.07, 6.45) is 7.38. The first kappa shape index (κ1) is 11.6. The molecule has 0 N–H and O–H groups in total. The van der Waals surface area contributed by atoms with Gasteiger partial charge in [-0.25, -0.2) is 9.97 Å². The fourth-order valence-electron chi connectivity index (χ4n) is 2.31. The molecule has 0 fully saturated rings. The summed E-state index contributed by atoms with van der Waals surface area (Å²) < 4.78 is 6.19. The third-order valence-electron chi connectivity index (χ3n) is 3.39. The second kappa shape index (κ2) is 4.35. The van der Waals surface area contributed by atoms with Crippen LogP contribution in [-0.2, 0) is 21.1 Å². The molecule has 0 aliphatic rings. The lowest BCUT2D eigenvalue weighted by Crippen LogP contribution is -2.34. The minimum absolute atomic E-state index is 1.09. The van der Waals surface area contributed by atoms with E-state index in [4.69, 9.17) is 0 Å². The molecule has 96 valence electrons. The Labute approximate surface area is 111 Å². The number of hydrogen-bond donors (Lipinski definition) is 0. The number of nitrogens with zero attached hydrogens (tertiary/aromatic N) is 5. The number of aryl methyl sites for hydroxylation is 2. The second-order valence-electron chi connectivity index (χ2n) is 4.63. The minimum Gasteiger partial charge on any atom is -0.329 e. The van der Waals surface area contributed by atoms with Crippen molar-refractivity contribution in [1.82, 2.24) is 19.1 Å². The van der Waals surface area contributed by atoms with Gasteiger partial charge in [0.25, 0.3) is 0 Å². The zero-order valence-electron chi connectivity index (χ0n) is 11.3. The van der Waals surface area contributed by atoms with E-state index in [1.54, 1.807) is 0 Å². The molecule has 0 aliphatic carbocycles. The smallest absolute Gasteiger partial charge is 0.231 e. The van der Waals surface area contributed by atoms with Gasteiger partial charge < -0.3 is 9.13 Å². The summed E-state index contributed by atoms with van der Waals surface area (Å²) >= 11 is 0. The highest BCUT2D eigenvalue weighted by Crippen LogP contribution is 2.19. The quantitative estimate of drug-likeness (QED) is 0.647. The van der Waals surface area contributed by atoms with Crippen LogP contribution in [0, 0.1) is 0 Å². The highest BCUT2D eigenvalue weighted by Gasteiger charge is 2.19. The lowest BCUT2D eigenvalue weighted by Gasteiger charge is -2.05. The van der Waals surface area contributed by atoms with Crippen molar-refractivity contribution in [2.24, 2.45) is 21.1 Å². The van der Waals surface area contributed by atoms with Gasteiger partial charge in [-0.05, 0) is 6.07 Å². The summed E-state index contributed by atoms with van der Waals surface area (Å²) in [7, 11) is 6.06. The molecule has 0 saturated heterocycles. The van der Waals surface area contributed by atoms with Gasteiger partial charge in [0, 0.05) is 26.2 Å². The highest BCUT2D eigenvalue weighted by atomic mass is 15.1. The summed E-state index contributed by atoms with van der Waals surface area (Å²) in [5, 5.41) is 0. The third-order valence-corrected chi connectivity index (χ3v) is 3.39. The Morgan fingerprint density at radius 1 is 0.895 bits per heavy atom. The molecule has 0 aromatic carbocycles.